The first-order valence-corrected chi connectivity index (χ1v) is 7.95. The third kappa shape index (κ3) is 4.05. The van der Waals surface area contributed by atoms with Gasteiger partial charge in [0.05, 0.1) is 18.4 Å². The smallest absolute Gasteiger partial charge is 0.247 e. The molecule has 130 valence electrons. The molecule has 7 nitrogen and oxygen atoms in total. The van der Waals surface area contributed by atoms with E-state index in [2.05, 4.69) is 15.5 Å². The van der Waals surface area contributed by atoms with E-state index < -0.39 is 0 Å². The maximum atomic E-state index is 12.1. The standard InChI is InChI=1S/C19H16N4O3/c1-25-15-8-6-13(7-9-15)19-23-22-18(26-19)11-10-17(24)21-16-5-3-2-4-14(16)12-20/h2-9H,10-11H2,1H3,(H,21,24). The number of ether oxygens (including phenoxy) is 1. The number of aryl methyl sites for hydroxylation is 1. The maximum Gasteiger partial charge on any atom is 0.247 e. The van der Waals surface area contributed by atoms with Crippen LogP contribution in [0.15, 0.2) is 52.9 Å². The summed E-state index contributed by atoms with van der Waals surface area (Å²) in [5.74, 6) is 1.28. The Kier molecular flexibility index (Phi) is 5.25. The van der Waals surface area contributed by atoms with E-state index in [4.69, 9.17) is 14.4 Å². The van der Waals surface area contributed by atoms with Crippen LogP contribution in [0.25, 0.3) is 11.5 Å². The molecule has 0 saturated carbocycles. The second-order valence-electron chi connectivity index (χ2n) is 5.44. The number of nitriles is 1. The number of carbonyl (C=O) groups excluding carboxylic acids is 1. The fraction of sp³-hybridized carbons (Fsp3) is 0.158. The molecule has 0 fully saturated rings. The van der Waals surface area contributed by atoms with Gasteiger partial charge in [0.2, 0.25) is 17.7 Å². The minimum absolute atomic E-state index is 0.171. The Bertz CT molecular complexity index is 942. The van der Waals surface area contributed by atoms with E-state index in [0.29, 0.717) is 29.5 Å². The van der Waals surface area contributed by atoms with Crippen molar-refractivity contribution in [2.75, 3.05) is 12.4 Å². The van der Waals surface area contributed by atoms with Crippen LogP contribution in [-0.4, -0.2) is 23.2 Å². The molecule has 0 bridgehead atoms. The number of benzene rings is 2. The molecule has 0 aliphatic heterocycles. The van der Waals surface area contributed by atoms with Gasteiger partial charge in [-0.25, -0.2) is 0 Å². The van der Waals surface area contributed by atoms with Crippen molar-refractivity contribution < 1.29 is 13.9 Å². The number of amides is 1. The third-order valence-corrected chi connectivity index (χ3v) is 3.69. The Balaban J connectivity index is 1.59. The molecule has 0 aliphatic carbocycles. The van der Waals surface area contributed by atoms with Gasteiger partial charge in [-0.3, -0.25) is 4.79 Å². The Hall–Kier alpha value is -3.66. The van der Waals surface area contributed by atoms with Crippen molar-refractivity contribution in [2.45, 2.75) is 12.8 Å². The molecule has 26 heavy (non-hydrogen) atoms. The van der Waals surface area contributed by atoms with E-state index in [-0.39, 0.29) is 12.3 Å². The molecular formula is C19H16N4O3. The maximum absolute atomic E-state index is 12.1. The average Bonchev–Trinajstić information content (AvgIpc) is 3.16. The number of aromatic nitrogens is 2. The summed E-state index contributed by atoms with van der Waals surface area (Å²) in [6, 6.07) is 16.1. The summed E-state index contributed by atoms with van der Waals surface area (Å²) in [7, 11) is 1.60. The molecule has 0 radical (unpaired) electrons. The van der Waals surface area contributed by atoms with E-state index in [1.165, 1.54) is 0 Å². The van der Waals surface area contributed by atoms with E-state index in [9.17, 15) is 4.79 Å². The fourth-order valence-electron chi connectivity index (χ4n) is 2.33. The number of nitrogens with one attached hydrogen (secondary N) is 1. The summed E-state index contributed by atoms with van der Waals surface area (Å²) in [6.45, 7) is 0. The van der Waals surface area contributed by atoms with Gasteiger partial charge in [0.1, 0.15) is 11.8 Å². The van der Waals surface area contributed by atoms with Crippen molar-refractivity contribution in [1.29, 1.82) is 5.26 Å². The fourth-order valence-corrected chi connectivity index (χ4v) is 2.33. The molecule has 1 aromatic heterocycles. The molecule has 3 aromatic rings. The molecule has 0 unspecified atom stereocenters. The van der Waals surface area contributed by atoms with Crippen LogP contribution in [0.4, 0.5) is 5.69 Å². The minimum Gasteiger partial charge on any atom is -0.497 e. The van der Waals surface area contributed by atoms with E-state index in [1.807, 2.05) is 18.2 Å². The van der Waals surface area contributed by atoms with Crippen LogP contribution in [0.5, 0.6) is 5.75 Å². The molecule has 0 saturated heterocycles. The number of hydrogen-bond donors (Lipinski definition) is 1. The van der Waals surface area contributed by atoms with Gasteiger partial charge in [0.25, 0.3) is 0 Å². The zero-order chi connectivity index (χ0) is 18.4. The minimum atomic E-state index is -0.225. The van der Waals surface area contributed by atoms with Crippen LogP contribution in [0.2, 0.25) is 0 Å². The van der Waals surface area contributed by atoms with Gasteiger partial charge in [0, 0.05) is 18.4 Å². The number of nitrogens with zero attached hydrogens (tertiary/aromatic N) is 3. The van der Waals surface area contributed by atoms with Crippen LogP contribution >= 0.6 is 0 Å². The van der Waals surface area contributed by atoms with Crippen molar-refractivity contribution >= 4 is 11.6 Å². The normalized spacial score (nSPS) is 10.2. The van der Waals surface area contributed by atoms with Crippen LogP contribution in [-0.2, 0) is 11.2 Å². The molecule has 1 N–H and O–H groups in total. The Morgan fingerprint density at radius 2 is 1.96 bits per heavy atom. The average molecular weight is 348 g/mol. The molecule has 1 amide bonds. The molecule has 1 heterocycles. The second kappa shape index (κ2) is 7.94. The van der Waals surface area contributed by atoms with Gasteiger partial charge in [-0.05, 0) is 36.4 Å². The number of methoxy groups -OCH3 is 1. The number of para-hydroxylation sites is 1. The molecule has 3 rings (SSSR count). The van der Waals surface area contributed by atoms with Crippen LogP contribution < -0.4 is 10.1 Å². The second-order valence-corrected chi connectivity index (χ2v) is 5.44. The Morgan fingerprint density at radius 1 is 1.19 bits per heavy atom. The highest BCUT2D eigenvalue weighted by Gasteiger charge is 2.12. The monoisotopic (exact) mass is 348 g/mol. The lowest BCUT2D eigenvalue weighted by Crippen LogP contribution is -2.13. The third-order valence-electron chi connectivity index (χ3n) is 3.69. The predicted octanol–water partition coefficient (Wildman–Crippen LogP) is 3.19. The summed E-state index contributed by atoms with van der Waals surface area (Å²) in [6.07, 6.45) is 0.480. The lowest BCUT2D eigenvalue weighted by atomic mass is 10.2. The Morgan fingerprint density at radius 3 is 2.69 bits per heavy atom. The van der Waals surface area contributed by atoms with Crippen LogP contribution in [0, 0.1) is 11.3 Å². The van der Waals surface area contributed by atoms with Gasteiger partial charge >= 0.3 is 0 Å². The first-order valence-electron chi connectivity index (χ1n) is 7.95. The molecule has 0 atom stereocenters. The zero-order valence-electron chi connectivity index (χ0n) is 14.1. The molecule has 7 heteroatoms. The van der Waals surface area contributed by atoms with Gasteiger partial charge in [-0.15, -0.1) is 10.2 Å². The van der Waals surface area contributed by atoms with Gasteiger partial charge in [0.15, 0.2) is 0 Å². The van der Waals surface area contributed by atoms with Crippen molar-refractivity contribution in [3.05, 3.63) is 60.0 Å². The van der Waals surface area contributed by atoms with Gasteiger partial charge in [-0.1, -0.05) is 12.1 Å². The number of carbonyl (C=O) groups is 1. The largest absolute Gasteiger partial charge is 0.497 e. The Labute approximate surface area is 150 Å². The van der Waals surface area contributed by atoms with Crippen molar-refractivity contribution in [1.82, 2.24) is 10.2 Å². The number of hydrogen-bond acceptors (Lipinski definition) is 6. The quantitative estimate of drug-likeness (QED) is 0.734. The highest BCUT2D eigenvalue weighted by Crippen LogP contribution is 2.21. The van der Waals surface area contributed by atoms with Crippen molar-refractivity contribution in [3.63, 3.8) is 0 Å². The zero-order valence-corrected chi connectivity index (χ0v) is 14.1. The predicted molar refractivity (Wildman–Crippen MR) is 94.4 cm³/mol. The summed E-state index contributed by atoms with van der Waals surface area (Å²) < 4.78 is 10.7. The number of rotatable bonds is 6. The molecule has 0 aliphatic rings. The molecular weight excluding hydrogens is 332 g/mol. The van der Waals surface area contributed by atoms with Crippen molar-refractivity contribution in [3.8, 4) is 23.3 Å². The van der Waals surface area contributed by atoms with E-state index >= 15 is 0 Å². The SMILES string of the molecule is COc1ccc(-c2nnc(CCC(=O)Nc3ccccc3C#N)o2)cc1. The van der Waals surface area contributed by atoms with Crippen LogP contribution in [0.1, 0.15) is 17.9 Å². The lowest BCUT2D eigenvalue weighted by Gasteiger charge is -2.05. The molecule has 2 aromatic carbocycles. The summed E-state index contributed by atoms with van der Waals surface area (Å²) >= 11 is 0. The highest BCUT2D eigenvalue weighted by atomic mass is 16.5. The lowest BCUT2D eigenvalue weighted by molar-refractivity contribution is -0.116. The van der Waals surface area contributed by atoms with Gasteiger partial charge < -0.3 is 14.5 Å². The van der Waals surface area contributed by atoms with E-state index in [1.54, 1.807) is 43.5 Å². The summed E-state index contributed by atoms with van der Waals surface area (Å²) in [5.41, 5.74) is 1.68. The van der Waals surface area contributed by atoms with E-state index in [0.717, 1.165) is 11.3 Å². The highest BCUT2D eigenvalue weighted by molar-refractivity contribution is 5.92. The summed E-state index contributed by atoms with van der Waals surface area (Å²) in [4.78, 5) is 12.1. The first-order chi connectivity index (χ1) is 12.7. The topological polar surface area (TPSA) is 101 Å². The first kappa shape index (κ1) is 17.2. The van der Waals surface area contributed by atoms with Crippen LogP contribution in [0.3, 0.4) is 0 Å². The summed E-state index contributed by atoms with van der Waals surface area (Å²) in [5, 5.41) is 19.7. The van der Waals surface area contributed by atoms with Gasteiger partial charge in [-0.2, -0.15) is 5.26 Å². The molecule has 0 spiro atoms. The van der Waals surface area contributed by atoms with Crippen molar-refractivity contribution in [2.24, 2.45) is 0 Å². The number of anilines is 1.